The molecule has 1 atom stereocenters. The quantitative estimate of drug-likeness (QED) is 0.833. The van der Waals surface area contributed by atoms with E-state index in [4.69, 9.17) is 16.3 Å². The Bertz CT molecular complexity index is 450. The van der Waals surface area contributed by atoms with Crippen molar-refractivity contribution in [3.05, 3.63) is 34.9 Å². The normalized spacial score (nSPS) is 18.8. The van der Waals surface area contributed by atoms with Crippen LogP contribution in [0, 0.1) is 0 Å². The molecule has 5 heteroatoms. The molecule has 0 radical (unpaired) electrons. The first-order chi connectivity index (χ1) is 10.6. The summed E-state index contributed by atoms with van der Waals surface area (Å²) in [7, 11) is 4.25. The molecule has 0 aromatic heterocycles. The fraction of sp³-hybridized carbons (Fsp3) is 0.647. The maximum atomic E-state index is 10.1. The molecular formula is C17H27ClN2O2. The molecule has 0 bridgehead atoms. The third-order valence-corrected chi connectivity index (χ3v) is 4.70. The van der Waals surface area contributed by atoms with Crippen LogP contribution in [0.5, 0.6) is 0 Å². The third kappa shape index (κ3) is 5.52. The summed E-state index contributed by atoms with van der Waals surface area (Å²) < 4.78 is 5.60. The molecule has 1 aliphatic rings. The number of rotatable bonds is 7. The average Bonchev–Trinajstić information content (AvgIpc) is 2.50. The minimum absolute atomic E-state index is 0.336. The van der Waals surface area contributed by atoms with E-state index < -0.39 is 6.10 Å². The van der Waals surface area contributed by atoms with Gasteiger partial charge in [0, 0.05) is 17.6 Å². The van der Waals surface area contributed by atoms with Crippen LogP contribution in [0.1, 0.15) is 18.4 Å². The van der Waals surface area contributed by atoms with Gasteiger partial charge in [-0.2, -0.15) is 0 Å². The van der Waals surface area contributed by atoms with Crippen LogP contribution < -0.4 is 0 Å². The number of likely N-dealkylation sites (tertiary alicyclic amines) is 1. The number of nitrogens with zero attached hydrogens (tertiary/aromatic N) is 2. The van der Waals surface area contributed by atoms with Gasteiger partial charge in [0.05, 0.1) is 19.3 Å². The van der Waals surface area contributed by atoms with E-state index in [1.807, 2.05) is 24.3 Å². The SMILES string of the molecule is CN1CCC(N(C)CC(O)COCc2ccccc2Cl)CC1. The minimum Gasteiger partial charge on any atom is -0.389 e. The zero-order valence-corrected chi connectivity index (χ0v) is 14.3. The highest BCUT2D eigenvalue weighted by molar-refractivity contribution is 6.31. The Morgan fingerprint density at radius 2 is 2.05 bits per heavy atom. The Kier molecular flexibility index (Phi) is 7.12. The van der Waals surface area contributed by atoms with Gasteiger partial charge in [0.1, 0.15) is 0 Å². The second kappa shape index (κ2) is 8.85. The van der Waals surface area contributed by atoms with Crippen molar-refractivity contribution in [1.29, 1.82) is 0 Å². The van der Waals surface area contributed by atoms with Crippen LogP contribution in [0.25, 0.3) is 0 Å². The number of hydrogen-bond donors (Lipinski definition) is 1. The topological polar surface area (TPSA) is 35.9 Å². The monoisotopic (exact) mass is 326 g/mol. The van der Waals surface area contributed by atoms with Crippen molar-refractivity contribution in [3.8, 4) is 0 Å². The molecule has 124 valence electrons. The molecule has 1 heterocycles. The maximum Gasteiger partial charge on any atom is 0.0900 e. The zero-order valence-electron chi connectivity index (χ0n) is 13.5. The van der Waals surface area contributed by atoms with Gasteiger partial charge < -0.3 is 19.6 Å². The van der Waals surface area contributed by atoms with E-state index in [2.05, 4.69) is 23.9 Å². The lowest BCUT2D eigenvalue weighted by Crippen LogP contribution is -2.45. The van der Waals surface area contributed by atoms with Gasteiger partial charge >= 0.3 is 0 Å². The summed E-state index contributed by atoms with van der Waals surface area (Å²) >= 11 is 6.08. The molecular weight excluding hydrogens is 300 g/mol. The van der Waals surface area contributed by atoms with Crippen LogP contribution in [-0.2, 0) is 11.3 Å². The van der Waals surface area contributed by atoms with E-state index in [0.29, 0.717) is 30.8 Å². The largest absolute Gasteiger partial charge is 0.389 e. The molecule has 0 amide bonds. The maximum absolute atomic E-state index is 10.1. The predicted octanol–water partition coefficient (Wildman–Crippen LogP) is 2.24. The van der Waals surface area contributed by atoms with Gasteiger partial charge in [-0.1, -0.05) is 29.8 Å². The van der Waals surface area contributed by atoms with E-state index >= 15 is 0 Å². The van der Waals surface area contributed by atoms with E-state index in [-0.39, 0.29) is 0 Å². The smallest absolute Gasteiger partial charge is 0.0900 e. The van der Waals surface area contributed by atoms with Gasteiger partial charge in [-0.05, 0) is 51.7 Å². The summed E-state index contributed by atoms with van der Waals surface area (Å²) in [5.41, 5.74) is 0.958. The van der Waals surface area contributed by atoms with Gasteiger partial charge in [-0.25, -0.2) is 0 Å². The van der Waals surface area contributed by atoms with Crippen molar-refractivity contribution in [2.45, 2.75) is 31.6 Å². The van der Waals surface area contributed by atoms with Crippen molar-refractivity contribution in [2.75, 3.05) is 40.3 Å². The number of hydrogen-bond acceptors (Lipinski definition) is 4. The highest BCUT2D eigenvalue weighted by Crippen LogP contribution is 2.16. The van der Waals surface area contributed by atoms with Crippen LogP contribution in [0.15, 0.2) is 24.3 Å². The van der Waals surface area contributed by atoms with Crippen LogP contribution >= 0.6 is 11.6 Å². The number of halogens is 1. The zero-order chi connectivity index (χ0) is 15.9. The summed E-state index contributed by atoms with van der Waals surface area (Å²) in [6, 6.07) is 8.20. The molecule has 0 aliphatic carbocycles. The van der Waals surface area contributed by atoms with Crippen molar-refractivity contribution >= 4 is 11.6 Å². The average molecular weight is 327 g/mol. The van der Waals surface area contributed by atoms with Crippen LogP contribution in [0.3, 0.4) is 0 Å². The third-order valence-electron chi connectivity index (χ3n) is 4.34. The fourth-order valence-corrected chi connectivity index (χ4v) is 3.08. The Labute approximate surface area is 138 Å². The summed E-state index contributed by atoms with van der Waals surface area (Å²) in [5, 5.41) is 10.8. The molecule has 1 fully saturated rings. The van der Waals surface area contributed by atoms with E-state index in [0.717, 1.165) is 18.7 Å². The van der Waals surface area contributed by atoms with Crippen molar-refractivity contribution in [1.82, 2.24) is 9.80 Å². The van der Waals surface area contributed by atoms with Gasteiger partial charge in [0.15, 0.2) is 0 Å². The lowest BCUT2D eigenvalue weighted by molar-refractivity contribution is 0.00283. The molecule has 1 aromatic carbocycles. The summed E-state index contributed by atoms with van der Waals surface area (Å²) in [4.78, 5) is 4.62. The molecule has 1 N–H and O–H groups in total. The number of aliphatic hydroxyl groups excluding tert-OH is 1. The number of likely N-dealkylation sites (N-methyl/N-ethyl adjacent to an activating group) is 1. The highest BCUT2D eigenvalue weighted by Gasteiger charge is 2.22. The Hall–Kier alpha value is -0.650. The predicted molar refractivity (Wildman–Crippen MR) is 90.3 cm³/mol. The van der Waals surface area contributed by atoms with Gasteiger partial charge in [0.2, 0.25) is 0 Å². The van der Waals surface area contributed by atoms with Crippen LogP contribution in [-0.4, -0.2) is 67.4 Å². The number of ether oxygens (including phenoxy) is 1. The van der Waals surface area contributed by atoms with E-state index in [1.54, 1.807) is 0 Å². The second-order valence-electron chi connectivity index (χ2n) is 6.23. The molecule has 22 heavy (non-hydrogen) atoms. The fourth-order valence-electron chi connectivity index (χ4n) is 2.89. The molecule has 1 unspecified atom stereocenters. The van der Waals surface area contributed by atoms with E-state index in [1.165, 1.54) is 12.8 Å². The van der Waals surface area contributed by atoms with Crippen molar-refractivity contribution in [3.63, 3.8) is 0 Å². The lowest BCUT2D eigenvalue weighted by Gasteiger charge is -2.35. The molecule has 1 saturated heterocycles. The number of aliphatic hydroxyl groups is 1. The van der Waals surface area contributed by atoms with Gasteiger partial charge in [-0.15, -0.1) is 0 Å². The Balaban J connectivity index is 1.67. The minimum atomic E-state index is -0.466. The molecule has 0 saturated carbocycles. The first kappa shape index (κ1) is 17.7. The number of piperidine rings is 1. The highest BCUT2D eigenvalue weighted by atomic mass is 35.5. The van der Waals surface area contributed by atoms with Gasteiger partial charge in [0.25, 0.3) is 0 Å². The van der Waals surface area contributed by atoms with Crippen LogP contribution in [0.2, 0.25) is 5.02 Å². The standard InChI is InChI=1S/C17H27ClN2O2/c1-19-9-7-15(8-10-19)20(2)11-16(21)13-22-12-14-5-3-4-6-17(14)18/h3-6,15-16,21H,7-13H2,1-2H3. The Morgan fingerprint density at radius 3 is 2.73 bits per heavy atom. The molecule has 2 rings (SSSR count). The van der Waals surface area contributed by atoms with Crippen LogP contribution in [0.4, 0.5) is 0 Å². The van der Waals surface area contributed by atoms with Gasteiger partial charge in [-0.3, -0.25) is 0 Å². The summed E-state index contributed by atoms with van der Waals surface area (Å²) in [6.07, 6.45) is 1.87. The summed E-state index contributed by atoms with van der Waals surface area (Å²) in [6.45, 7) is 3.69. The number of benzene rings is 1. The molecule has 0 spiro atoms. The van der Waals surface area contributed by atoms with Crippen molar-refractivity contribution < 1.29 is 9.84 Å². The summed E-state index contributed by atoms with van der Waals surface area (Å²) in [5.74, 6) is 0. The lowest BCUT2D eigenvalue weighted by atomic mass is 10.0. The van der Waals surface area contributed by atoms with E-state index in [9.17, 15) is 5.11 Å². The molecule has 1 aliphatic heterocycles. The first-order valence-corrected chi connectivity index (χ1v) is 8.32. The molecule has 4 nitrogen and oxygen atoms in total. The second-order valence-corrected chi connectivity index (χ2v) is 6.64. The molecule has 1 aromatic rings. The first-order valence-electron chi connectivity index (χ1n) is 7.94. The Morgan fingerprint density at radius 1 is 1.36 bits per heavy atom. The van der Waals surface area contributed by atoms with Crippen molar-refractivity contribution in [2.24, 2.45) is 0 Å².